The molecule has 0 saturated carbocycles. The Morgan fingerprint density at radius 2 is 1.76 bits per heavy atom. The Hall–Kier alpha value is -3.35. The number of nitrogens with one attached hydrogen (secondary N) is 1. The Morgan fingerprint density at radius 3 is 2.38 bits per heavy atom. The van der Waals surface area contributed by atoms with Crippen LogP contribution in [0.4, 0.5) is 11.4 Å². The van der Waals surface area contributed by atoms with Crippen molar-refractivity contribution >= 4 is 29.2 Å². The summed E-state index contributed by atoms with van der Waals surface area (Å²) in [6, 6.07) is 12.7. The summed E-state index contributed by atoms with van der Waals surface area (Å²) in [5.41, 5.74) is 3.41. The number of carbonyl (C=O) groups is 3. The number of methoxy groups -OCH3 is 1. The van der Waals surface area contributed by atoms with Gasteiger partial charge >= 0.3 is 5.97 Å². The lowest BCUT2D eigenvalue weighted by atomic mass is 10.1. The fourth-order valence-electron chi connectivity index (χ4n) is 3.38. The number of benzene rings is 2. The average molecular weight is 396 g/mol. The van der Waals surface area contributed by atoms with Gasteiger partial charge in [0, 0.05) is 24.3 Å². The van der Waals surface area contributed by atoms with E-state index in [1.54, 1.807) is 36.3 Å². The molecule has 1 saturated heterocycles. The van der Waals surface area contributed by atoms with Crippen molar-refractivity contribution in [3.63, 3.8) is 0 Å². The van der Waals surface area contributed by atoms with E-state index in [0.717, 1.165) is 11.1 Å². The number of amides is 2. The summed E-state index contributed by atoms with van der Waals surface area (Å²) in [6.45, 7) is 3.71. The first kappa shape index (κ1) is 20.4. The Balaban J connectivity index is 1.52. The second-order valence-electron chi connectivity index (χ2n) is 7.14. The number of rotatable bonds is 6. The van der Waals surface area contributed by atoms with Gasteiger partial charge in [-0.3, -0.25) is 14.4 Å². The number of esters is 1. The lowest BCUT2D eigenvalue weighted by Crippen LogP contribution is -2.28. The summed E-state index contributed by atoms with van der Waals surface area (Å²) in [5, 5.41) is 2.72. The van der Waals surface area contributed by atoms with Gasteiger partial charge < -0.3 is 19.7 Å². The highest BCUT2D eigenvalue weighted by Gasteiger charge is 2.36. The van der Waals surface area contributed by atoms with Gasteiger partial charge in [0.1, 0.15) is 5.75 Å². The smallest absolute Gasteiger partial charge is 0.311 e. The molecule has 1 aliphatic heterocycles. The van der Waals surface area contributed by atoms with E-state index in [4.69, 9.17) is 9.47 Å². The van der Waals surface area contributed by atoms with Gasteiger partial charge in [-0.25, -0.2) is 0 Å². The molecule has 2 amide bonds. The molecule has 0 unspecified atom stereocenters. The van der Waals surface area contributed by atoms with E-state index >= 15 is 0 Å². The summed E-state index contributed by atoms with van der Waals surface area (Å²) < 4.78 is 10.3. The molecule has 2 aromatic carbocycles. The summed E-state index contributed by atoms with van der Waals surface area (Å²) >= 11 is 0. The molecule has 1 aliphatic rings. The van der Waals surface area contributed by atoms with Crippen molar-refractivity contribution in [3.05, 3.63) is 53.6 Å². The molecule has 29 heavy (non-hydrogen) atoms. The SMILES string of the molecule is COc1ccc(N2C[C@H](C(=O)OCC(=O)Nc3cc(C)cc(C)c3)CC2=O)cc1. The molecule has 0 spiro atoms. The molecule has 1 N–H and O–H groups in total. The maximum absolute atomic E-state index is 12.3. The fraction of sp³-hybridized carbons (Fsp3) is 0.318. The molecule has 2 aromatic rings. The van der Waals surface area contributed by atoms with Gasteiger partial charge in [0.05, 0.1) is 13.0 Å². The molecule has 0 aliphatic carbocycles. The minimum Gasteiger partial charge on any atom is -0.497 e. The molecule has 7 heteroatoms. The van der Waals surface area contributed by atoms with Gasteiger partial charge in [0.2, 0.25) is 5.91 Å². The largest absolute Gasteiger partial charge is 0.497 e. The van der Waals surface area contributed by atoms with Crippen LogP contribution in [0.15, 0.2) is 42.5 Å². The van der Waals surface area contributed by atoms with Gasteiger partial charge in [-0.05, 0) is 61.4 Å². The topological polar surface area (TPSA) is 84.9 Å². The van der Waals surface area contributed by atoms with Crippen molar-refractivity contribution < 1.29 is 23.9 Å². The third-order valence-electron chi connectivity index (χ3n) is 4.69. The second kappa shape index (κ2) is 8.77. The lowest BCUT2D eigenvalue weighted by molar-refractivity contribution is -0.151. The van der Waals surface area contributed by atoms with E-state index in [1.807, 2.05) is 32.0 Å². The number of ether oxygens (including phenoxy) is 2. The average Bonchev–Trinajstić information content (AvgIpc) is 3.07. The third kappa shape index (κ3) is 5.13. The summed E-state index contributed by atoms with van der Waals surface area (Å²) in [4.78, 5) is 38.3. The van der Waals surface area contributed by atoms with Gasteiger partial charge in [0.25, 0.3) is 5.91 Å². The van der Waals surface area contributed by atoms with Crippen LogP contribution in [0.2, 0.25) is 0 Å². The van der Waals surface area contributed by atoms with E-state index in [0.29, 0.717) is 17.1 Å². The predicted octanol–water partition coefficient (Wildman–Crippen LogP) is 2.85. The number of carbonyl (C=O) groups excluding carboxylic acids is 3. The molecule has 0 aromatic heterocycles. The minimum absolute atomic E-state index is 0.0591. The summed E-state index contributed by atoms with van der Waals surface area (Å²) in [7, 11) is 1.57. The van der Waals surface area contributed by atoms with Crippen LogP contribution in [0.25, 0.3) is 0 Å². The molecule has 7 nitrogen and oxygen atoms in total. The highest BCUT2D eigenvalue weighted by atomic mass is 16.5. The van der Waals surface area contributed by atoms with E-state index in [9.17, 15) is 14.4 Å². The summed E-state index contributed by atoms with van der Waals surface area (Å²) in [5.74, 6) is -1.04. The zero-order valence-electron chi connectivity index (χ0n) is 16.7. The van der Waals surface area contributed by atoms with Crippen LogP contribution >= 0.6 is 0 Å². The summed E-state index contributed by atoms with van der Waals surface area (Å²) in [6.07, 6.45) is 0.0591. The monoisotopic (exact) mass is 396 g/mol. The number of anilines is 2. The number of hydrogen-bond donors (Lipinski definition) is 1. The zero-order valence-corrected chi connectivity index (χ0v) is 16.7. The van der Waals surface area contributed by atoms with E-state index in [1.165, 1.54) is 0 Å². The molecular formula is C22H24N2O5. The van der Waals surface area contributed by atoms with Crippen LogP contribution in [0.5, 0.6) is 5.75 Å². The van der Waals surface area contributed by atoms with Gasteiger partial charge in [-0.2, -0.15) is 0 Å². The first-order valence-electron chi connectivity index (χ1n) is 9.35. The highest BCUT2D eigenvalue weighted by Crippen LogP contribution is 2.27. The van der Waals surface area contributed by atoms with E-state index in [-0.39, 0.29) is 25.5 Å². The molecule has 1 fully saturated rings. The van der Waals surface area contributed by atoms with Gasteiger partial charge in [-0.1, -0.05) is 6.07 Å². The molecule has 0 bridgehead atoms. The van der Waals surface area contributed by atoms with Crippen molar-refractivity contribution in [2.45, 2.75) is 20.3 Å². The first-order chi connectivity index (χ1) is 13.9. The lowest BCUT2D eigenvalue weighted by Gasteiger charge is -2.17. The van der Waals surface area contributed by atoms with E-state index in [2.05, 4.69) is 5.32 Å². The van der Waals surface area contributed by atoms with Crippen molar-refractivity contribution in [1.29, 1.82) is 0 Å². The molecule has 3 rings (SSSR count). The maximum atomic E-state index is 12.3. The number of aryl methyl sites for hydroxylation is 2. The highest BCUT2D eigenvalue weighted by molar-refractivity contribution is 6.00. The van der Waals surface area contributed by atoms with E-state index < -0.39 is 17.8 Å². The fourth-order valence-corrected chi connectivity index (χ4v) is 3.38. The molecule has 0 radical (unpaired) electrons. The van der Waals surface area contributed by atoms with Gasteiger partial charge in [0.15, 0.2) is 6.61 Å². The van der Waals surface area contributed by atoms with Crippen molar-refractivity contribution in [3.8, 4) is 5.75 Å². The Bertz CT molecular complexity index is 903. The quantitative estimate of drug-likeness (QED) is 0.759. The van der Waals surface area contributed by atoms with Crippen LogP contribution in [0.3, 0.4) is 0 Å². The van der Waals surface area contributed by atoms with Crippen LogP contribution in [0, 0.1) is 19.8 Å². The van der Waals surface area contributed by atoms with Crippen molar-refractivity contribution in [1.82, 2.24) is 0 Å². The van der Waals surface area contributed by atoms with Crippen LogP contribution in [-0.4, -0.2) is 38.0 Å². The van der Waals surface area contributed by atoms with Crippen molar-refractivity contribution in [2.24, 2.45) is 5.92 Å². The van der Waals surface area contributed by atoms with Crippen LogP contribution in [-0.2, 0) is 19.1 Å². The van der Waals surface area contributed by atoms with Crippen LogP contribution < -0.4 is 15.0 Å². The maximum Gasteiger partial charge on any atom is 0.311 e. The second-order valence-corrected chi connectivity index (χ2v) is 7.14. The minimum atomic E-state index is -0.599. The third-order valence-corrected chi connectivity index (χ3v) is 4.69. The van der Waals surface area contributed by atoms with Crippen molar-refractivity contribution in [2.75, 3.05) is 30.5 Å². The molecule has 1 atom stereocenters. The predicted molar refractivity (Wildman–Crippen MR) is 109 cm³/mol. The molecule has 1 heterocycles. The molecular weight excluding hydrogens is 372 g/mol. The number of hydrogen-bond acceptors (Lipinski definition) is 5. The Morgan fingerprint density at radius 1 is 1.10 bits per heavy atom. The standard InChI is InChI=1S/C22H24N2O5/c1-14-8-15(2)10-17(9-14)23-20(25)13-29-22(27)16-11-21(26)24(12-16)18-4-6-19(28-3)7-5-18/h4-10,16H,11-13H2,1-3H3,(H,23,25)/t16-/m1/s1. The zero-order chi connectivity index (χ0) is 21.0. The Labute approximate surface area is 169 Å². The first-order valence-corrected chi connectivity index (χ1v) is 9.35. The Kier molecular flexibility index (Phi) is 6.16. The van der Waals surface area contributed by atoms with Gasteiger partial charge in [-0.15, -0.1) is 0 Å². The number of nitrogens with zero attached hydrogens (tertiary/aromatic N) is 1. The molecule has 152 valence electrons. The van der Waals surface area contributed by atoms with Crippen LogP contribution in [0.1, 0.15) is 17.5 Å². The normalized spacial score (nSPS) is 15.9.